The summed E-state index contributed by atoms with van der Waals surface area (Å²) < 4.78 is 27.1. The summed E-state index contributed by atoms with van der Waals surface area (Å²) in [5.74, 6) is -0.589. The molecule has 2 aromatic carbocycles. The number of benzene rings is 2. The fourth-order valence-corrected chi connectivity index (χ4v) is 4.65. The minimum atomic E-state index is -1.58. The summed E-state index contributed by atoms with van der Waals surface area (Å²) in [5, 5.41) is 0.492. The molecule has 0 aliphatic carbocycles. The Balaban J connectivity index is 1.88. The van der Waals surface area contributed by atoms with Crippen LogP contribution >= 0.6 is 0 Å². The fraction of sp³-hybridized carbons (Fsp3) is 0.250. The predicted octanol–water partition coefficient (Wildman–Crippen LogP) is 4.02. The Hall–Kier alpha value is -2.47. The smallest absolute Gasteiger partial charge is 0.271 e. The normalized spacial score (nSPS) is 15.5. The van der Waals surface area contributed by atoms with Crippen molar-refractivity contribution in [1.29, 1.82) is 0 Å². The number of nitrogens with one attached hydrogen (secondary N) is 1. The molecule has 6 heteroatoms. The monoisotopic (exact) mass is 370 g/mol. The summed E-state index contributed by atoms with van der Waals surface area (Å²) in [4.78, 5) is 18.8. The second-order valence-corrected chi connectivity index (χ2v) is 8.02. The van der Waals surface area contributed by atoms with Gasteiger partial charge in [0.05, 0.1) is 15.7 Å². The number of aromatic nitrogens is 1. The van der Waals surface area contributed by atoms with Gasteiger partial charge in [-0.15, -0.1) is 0 Å². The fourth-order valence-electron chi connectivity index (χ4n) is 3.34. The van der Waals surface area contributed by atoms with Crippen LogP contribution in [0.4, 0.5) is 4.39 Å². The topological polar surface area (TPSA) is 53.2 Å². The van der Waals surface area contributed by atoms with Gasteiger partial charge in [0.15, 0.2) is 0 Å². The Morgan fingerprint density at radius 3 is 2.50 bits per heavy atom. The van der Waals surface area contributed by atoms with E-state index in [-0.39, 0.29) is 5.91 Å². The van der Waals surface area contributed by atoms with Gasteiger partial charge in [0.2, 0.25) is 0 Å². The average Bonchev–Trinajstić information content (AvgIpc) is 3.29. The van der Waals surface area contributed by atoms with Crippen LogP contribution < -0.4 is 0 Å². The molecular weight excluding hydrogens is 351 g/mol. The van der Waals surface area contributed by atoms with Crippen LogP contribution in [-0.2, 0) is 10.8 Å². The lowest BCUT2D eigenvalue weighted by Gasteiger charge is -2.15. The number of halogens is 1. The van der Waals surface area contributed by atoms with Gasteiger partial charge in [0, 0.05) is 28.9 Å². The van der Waals surface area contributed by atoms with Crippen LogP contribution in [0.5, 0.6) is 0 Å². The minimum Gasteiger partial charge on any atom is -0.349 e. The second kappa shape index (κ2) is 6.68. The first-order valence-electron chi connectivity index (χ1n) is 8.63. The first-order valence-corrected chi connectivity index (χ1v) is 9.78. The van der Waals surface area contributed by atoms with E-state index in [1.807, 2.05) is 19.1 Å². The zero-order valence-electron chi connectivity index (χ0n) is 14.4. The molecule has 1 aromatic heterocycles. The van der Waals surface area contributed by atoms with Crippen LogP contribution in [0.15, 0.2) is 52.3 Å². The number of likely N-dealkylation sites (tertiary alicyclic amines) is 1. The lowest BCUT2D eigenvalue weighted by Crippen LogP contribution is -2.28. The molecule has 0 spiro atoms. The summed E-state index contributed by atoms with van der Waals surface area (Å²) in [6.07, 6.45) is 1.94. The molecule has 0 bridgehead atoms. The Bertz CT molecular complexity index is 1000. The summed E-state index contributed by atoms with van der Waals surface area (Å²) in [5.41, 5.74) is 1.97. The zero-order valence-corrected chi connectivity index (χ0v) is 15.2. The van der Waals surface area contributed by atoms with Gasteiger partial charge >= 0.3 is 0 Å². The van der Waals surface area contributed by atoms with E-state index in [0.717, 1.165) is 18.4 Å². The third-order valence-corrected chi connectivity index (χ3v) is 6.24. The minimum absolute atomic E-state index is 0.172. The SMILES string of the molecule is Cc1ccc(S(=O)c2c(C(=O)N3CCCC3)[nH]c3ccc(F)cc23)cc1. The van der Waals surface area contributed by atoms with Gasteiger partial charge in [0.25, 0.3) is 5.91 Å². The van der Waals surface area contributed by atoms with Gasteiger partial charge < -0.3 is 9.88 Å². The lowest BCUT2D eigenvalue weighted by atomic mass is 10.2. The molecular formula is C20H19FN2O2S. The molecule has 1 fully saturated rings. The maximum atomic E-state index is 13.8. The number of H-pyrrole nitrogens is 1. The first-order chi connectivity index (χ1) is 12.5. The molecule has 4 nitrogen and oxygen atoms in total. The molecule has 1 unspecified atom stereocenters. The highest BCUT2D eigenvalue weighted by atomic mass is 32.2. The van der Waals surface area contributed by atoms with Crippen molar-refractivity contribution in [3.05, 3.63) is 59.5 Å². The number of amides is 1. The molecule has 1 aliphatic heterocycles. The molecule has 0 saturated carbocycles. The molecule has 26 heavy (non-hydrogen) atoms. The van der Waals surface area contributed by atoms with Gasteiger partial charge in [-0.25, -0.2) is 8.60 Å². The van der Waals surface area contributed by atoms with Crippen LogP contribution in [0.1, 0.15) is 28.9 Å². The Morgan fingerprint density at radius 2 is 1.81 bits per heavy atom. The van der Waals surface area contributed by atoms with E-state index in [1.54, 1.807) is 23.1 Å². The van der Waals surface area contributed by atoms with Gasteiger partial charge in [-0.1, -0.05) is 17.7 Å². The highest BCUT2D eigenvalue weighted by Crippen LogP contribution is 2.31. The predicted molar refractivity (Wildman–Crippen MR) is 99.2 cm³/mol. The van der Waals surface area contributed by atoms with Crippen molar-refractivity contribution in [1.82, 2.24) is 9.88 Å². The van der Waals surface area contributed by atoms with Crippen molar-refractivity contribution in [2.24, 2.45) is 0 Å². The van der Waals surface area contributed by atoms with Crippen molar-refractivity contribution in [2.45, 2.75) is 29.6 Å². The van der Waals surface area contributed by atoms with E-state index < -0.39 is 16.6 Å². The standard InChI is InChI=1S/C20H19FN2O2S/c1-13-4-7-15(8-5-13)26(25)19-16-12-14(21)6-9-17(16)22-18(19)20(24)23-10-2-3-11-23/h4-9,12,22H,2-3,10-11H2,1H3. The van der Waals surface area contributed by atoms with E-state index in [1.165, 1.54) is 12.1 Å². The molecule has 4 rings (SSSR count). The maximum Gasteiger partial charge on any atom is 0.271 e. The van der Waals surface area contributed by atoms with E-state index >= 15 is 0 Å². The van der Waals surface area contributed by atoms with E-state index in [9.17, 15) is 13.4 Å². The van der Waals surface area contributed by atoms with E-state index in [2.05, 4.69) is 4.98 Å². The quantitative estimate of drug-likeness (QED) is 0.757. The molecule has 1 N–H and O–H groups in total. The third-order valence-electron chi connectivity index (χ3n) is 4.74. The number of carbonyl (C=O) groups excluding carboxylic acids is 1. The molecule has 1 saturated heterocycles. The molecule has 0 radical (unpaired) electrons. The first kappa shape index (κ1) is 17.0. The van der Waals surface area contributed by atoms with E-state index in [0.29, 0.717) is 39.5 Å². The number of rotatable bonds is 3. The summed E-state index contributed by atoms with van der Waals surface area (Å²) in [6, 6.07) is 11.6. The molecule has 134 valence electrons. The van der Waals surface area contributed by atoms with Crippen LogP contribution in [0.25, 0.3) is 10.9 Å². The van der Waals surface area contributed by atoms with Crippen molar-refractivity contribution in [3.8, 4) is 0 Å². The van der Waals surface area contributed by atoms with E-state index in [4.69, 9.17) is 0 Å². The lowest BCUT2D eigenvalue weighted by molar-refractivity contribution is 0.0784. The van der Waals surface area contributed by atoms with Crippen LogP contribution in [0, 0.1) is 12.7 Å². The zero-order chi connectivity index (χ0) is 18.3. The Labute approximate surface area is 153 Å². The molecule has 3 aromatic rings. The van der Waals surface area contributed by atoms with Crippen molar-refractivity contribution in [3.63, 3.8) is 0 Å². The second-order valence-electron chi connectivity index (χ2n) is 6.60. The number of aromatic amines is 1. The highest BCUT2D eigenvalue weighted by molar-refractivity contribution is 7.85. The number of aryl methyl sites for hydroxylation is 1. The van der Waals surface area contributed by atoms with Crippen LogP contribution in [0.2, 0.25) is 0 Å². The number of nitrogens with zero attached hydrogens (tertiary/aromatic N) is 1. The van der Waals surface area contributed by atoms with Crippen molar-refractivity contribution in [2.75, 3.05) is 13.1 Å². The Morgan fingerprint density at radius 1 is 1.12 bits per heavy atom. The number of hydrogen-bond donors (Lipinski definition) is 1. The molecule has 1 amide bonds. The number of fused-ring (bicyclic) bond motifs is 1. The summed E-state index contributed by atoms with van der Waals surface area (Å²) in [7, 11) is -1.58. The third kappa shape index (κ3) is 2.94. The maximum absolute atomic E-state index is 13.8. The van der Waals surface area contributed by atoms with Crippen LogP contribution in [0.3, 0.4) is 0 Å². The summed E-state index contributed by atoms with van der Waals surface area (Å²) >= 11 is 0. The largest absolute Gasteiger partial charge is 0.349 e. The van der Waals surface area contributed by atoms with Crippen LogP contribution in [-0.4, -0.2) is 33.1 Å². The van der Waals surface area contributed by atoms with Gasteiger partial charge in [0.1, 0.15) is 11.5 Å². The number of hydrogen-bond acceptors (Lipinski definition) is 2. The average molecular weight is 370 g/mol. The van der Waals surface area contributed by atoms with Gasteiger partial charge in [-0.3, -0.25) is 4.79 Å². The van der Waals surface area contributed by atoms with Gasteiger partial charge in [-0.05, 0) is 50.1 Å². The Kier molecular flexibility index (Phi) is 4.36. The van der Waals surface area contributed by atoms with Gasteiger partial charge in [-0.2, -0.15) is 0 Å². The van der Waals surface area contributed by atoms with Crippen molar-refractivity contribution >= 4 is 27.6 Å². The highest BCUT2D eigenvalue weighted by Gasteiger charge is 2.28. The molecule has 1 aliphatic rings. The number of carbonyl (C=O) groups is 1. The van der Waals surface area contributed by atoms with Crippen molar-refractivity contribution < 1.29 is 13.4 Å². The molecule has 2 heterocycles. The summed E-state index contributed by atoms with van der Waals surface area (Å²) in [6.45, 7) is 3.34. The molecule has 1 atom stereocenters.